The first-order valence-electron chi connectivity index (χ1n) is 6.67. The summed E-state index contributed by atoms with van der Waals surface area (Å²) in [7, 11) is 0. The zero-order chi connectivity index (χ0) is 14.2. The minimum atomic E-state index is -0.249. The summed E-state index contributed by atoms with van der Waals surface area (Å²) in [5.74, 6) is 1.92. The Morgan fingerprint density at radius 1 is 1.10 bits per heavy atom. The van der Waals surface area contributed by atoms with Crippen molar-refractivity contribution in [3.63, 3.8) is 0 Å². The second-order valence-corrected chi connectivity index (χ2v) is 4.92. The largest absolute Gasteiger partial charge is 0.508 e. The number of hydrogen-bond donors (Lipinski definition) is 1. The molecule has 1 aromatic heterocycles. The monoisotopic (exact) mass is 280 g/mol. The van der Waals surface area contributed by atoms with Crippen LogP contribution in [-0.2, 0) is 6.42 Å². The highest BCUT2D eigenvalue weighted by molar-refractivity contribution is 5.56. The summed E-state index contributed by atoms with van der Waals surface area (Å²) in [5, 5.41) is 13.5. The first kappa shape index (κ1) is 12.0. The lowest BCUT2D eigenvalue weighted by Crippen LogP contribution is -2.03. The molecule has 0 amide bonds. The van der Waals surface area contributed by atoms with Crippen molar-refractivity contribution in [1.82, 2.24) is 10.1 Å². The fourth-order valence-electron chi connectivity index (χ4n) is 2.45. The maximum Gasteiger partial charge on any atom is 0.268 e. The van der Waals surface area contributed by atoms with Gasteiger partial charge in [0.15, 0.2) is 6.10 Å². The van der Waals surface area contributed by atoms with Gasteiger partial charge < -0.3 is 14.4 Å². The number of hydrogen-bond acceptors (Lipinski definition) is 5. The van der Waals surface area contributed by atoms with Gasteiger partial charge in [-0.2, -0.15) is 4.98 Å². The maximum atomic E-state index is 9.50. The molecule has 4 rings (SSSR count). The van der Waals surface area contributed by atoms with Crippen LogP contribution < -0.4 is 4.74 Å². The van der Waals surface area contributed by atoms with Gasteiger partial charge in [0.25, 0.3) is 5.89 Å². The Bertz CT molecular complexity index is 772. The molecule has 0 saturated heterocycles. The van der Waals surface area contributed by atoms with E-state index in [1.165, 1.54) is 0 Å². The third-order valence-corrected chi connectivity index (χ3v) is 3.47. The van der Waals surface area contributed by atoms with Crippen molar-refractivity contribution in [2.75, 3.05) is 0 Å². The summed E-state index contributed by atoms with van der Waals surface area (Å²) in [6.45, 7) is 0. The summed E-state index contributed by atoms with van der Waals surface area (Å²) in [6, 6.07) is 14.6. The summed E-state index contributed by atoms with van der Waals surface area (Å²) in [6.07, 6.45) is 0.471. The van der Waals surface area contributed by atoms with Gasteiger partial charge in [0, 0.05) is 12.0 Å². The van der Waals surface area contributed by atoms with E-state index in [0.29, 0.717) is 17.3 Å². The van der Waals surface area contributed by atoms with Crippen LogP contribution in [0, 0.1) is 0 Å². The normalized spacial score (nSPS) is 16.5. The predicted octanol–water partition coefficient (Wildman–Crippen LogP) is 3.12. The Labute approximate surface area is 120 Å². The van der Waals surface area contributed by atoms with Gasteiger partial charge in [-0.15, -0.1) is 0 Å². The lowest BCUT2D eigenvalue weighted by Gasteiger charge is -2.03. The number of phenols is 1. The van der Waals surface area contributed by atoms with E-state index >= 15 is 0 Å². The lowest BCUT2D eigenvalue weighted by molar-refractivity contribution is 0.183. The van der Waals surface area contributed by atoms with Gasteiger partial charge in [-0.3, -0.25) is 0 Å². The van der Waals surface area contributed by atoms with Gasteiger partial charge in [0.1, 0.15) is 11.5 Å². The topological polar surface area (TPSA) is 68.4 Å². The predicted molar refractivity (Wildman–Crippen MR) is 74.9 cm³/mol. The third kappa shape index (κ3) is 2.12. The fourth-order valence-corrected chi connectivity index (χ4v) is 2.45. The molecule has 1 atom stereocenters. The van der Waals surface area contributed by atoms with Crippen LogP contribution in [-0.4, -0.2) is 15.2 Å². The van der Waals surface area contributed by atoms with E-state index in [2.05, 4.69) is 10.1 Å². The van der Waals surface area contributed by atoms with Crippen molar-refractivity contribution in [2.45, 2.75) is 12.5 Å². The molecule has 5 nitrogen and oxygen atoms in total. The van der Waals surface area contributed by atoms with Gasteiger partial charge in [0.2, 0.25) is 5.82 Å². The standard InChI is InChI=1S/C16H12N2O3/c19-12-6-3-5-11(8-12)15-17-16(21-18-15)14-9-10-4-1-2-7-13(10)20-14/h1-8,14,19H,9H2. The summed E-state index contributed by atoms with van der Waals surface area (Å²) < 4.78 is 11.1. The Kier molecular flexibility index (Phi) is 2.64. The van der Waals surface area contributed by atoms with E-state index < -0.39 is 0 Å². The highest BCUT2D eigenvalue weighted by atomic mass is 16.5. The number of aromatic nitrogens is 2. The first-order valence-corrected chi connectivity index (χ1v) is 6.67. The zero-order valence-electron chi connectivity index (χ0n) is 11.1. The van der Waals surface area contributed by atoms with Crippen LogP contribution in [0.1, 0.15) is 17.6 Å². The van der Waals surface area contributed by atoms with Crippen LogP contribution in [0.15, 0.2) is 53.1 Å². The molecular weight excluding hydrogens is 268 g/mol. The molecule has 1 aliphatic rings. The minimum Gasteiger partial charge on any atom is -0.508 e. The van der Waals surface area contributed by atoms with E-state index in [1.54, 1.807) is 18.2 Å². The van der Waals surface area contributed by atoms with Crippen LogP contribution in [0.3, 0.4) is 0 Å². The molecule has 5 heteroatoms. The number of fused-ring (bicyclic) bond motifs is 1. The number of para-hydroxylation sites is 1. The molecule has 1 unspecified atom stereocenters. The van der Waals surface area contributed by atoms with Crippen molar-refractivity contribution in [2.24, 2.45) is 0 Å². The summed E-state index contributed by atoms with van der Waals surface area (Å²) >= 11 is 0. The highest BCUT2D eigenvalue weighted by Crippen LogP contribution is 2.36. The number of benzene rings is 2. The van der Waals surface area contributed by atoms with Gasteiger partial charge in [0.05, 0.1) is 0 Å². The van der Waals surface area contributed by atoms with E-state index in [9.17, 15) is 5.11 Å². The van der Waals surface area contributed by atoms with Crippen molar-refractivity contribution in [3.8, 4) is 22.9 Å². The molecular formula is C16H12N2O3. The first-order chi connectivity index (χ1) is 10.3. The molecule has 1 N–H and O–H groups in total. The molecule has 0 fully saturated rings. The van der Waals surface area contributed by atoms with Crippen molar-refractivity contribution >= 4 is 0 Å². The molecule has 104 valence electrons. The third-order valence-electron chi connectivity index (χ3n) is 3.47. The van der Waals surface area contributed by atoms with Crippen LogP contribution in [0.25, 0.3) is 11.4 Å². The molecule has 2 aromatic carbocycles. The molecule has 2 heterocycles. The minimum absolute atomic E-state index is 0.170. The lowest BCUT2D eigenvalue weighted by atomic mass is 10.1. The molecule has 0 spiro atoms. The molecule has 0 radical (unpaired) electrons. The number of phenolic OH excluding ortho intramolecular Hbond substituents is 1. The van der Waals surface area contributed by atoms with E-state index in [4.69, 9.17) is 9.26 Å². The van der Waals surface area contributed by atoms with Gasteiger partial charge in [-0.25, -0.2) is 0 Å². The van der Waals surface area contributed by atoms with Crippen molar-refractivity contribution in [1.29, 1.82) is 0 Å². The van der Waals surface area contributed by atoms with Crippen molar-refractivity contribution in [3.05, 3.63) is 60.0 Å². The highest BCUT2D eigenvalue weighted by Gasteiger charge is 2.29. The Morgan fingerprint density at radius 3 is 2.86 bits per heavy atom. The average molecular weight is 280 g/mol. The van der Waals surface area contributed by atoms with E-state index in [0.717, 1.165) is 17.7 Å². The second kappa shape index (κ2) is 4.63. The Hall–Kier alpha value is -2.82. The molecule has 21 heavy (non-hydrogen) atoms. The Morgan fingerprint density at radius 2 is 2.00 bits per heavy atom. The van der Waals surface area contributed by atoms with Crippen molar-refractivity contribution < 1.29 is 14.4 Å². The smallest absolute Gasteiger partial charge is 0.268 e. The second-order valence-electron chi connectivity index (χ2n) is 4.92. The Balaban J connectivity index is 1.62. The number of rotatable bonds is 2. The number of aromatic hydroxyl groups is 1. The molecule has 0 saturated carbocycles. The van der Waals surface area contributed by atoms with E-state index in [1.807, 2.05) is 30.3 Å². The summed E-state index contributed by atoms with van der Waals surface area (Å²) in [4.78, 5) is 4.37. The maximum absolute atomic E-state index is 9.50. The SMILES string of the molecule is Oc1cccc(-c2noc(C3Cc4ccccc4O3)n2)c1. The number of nitrogens with zero attached hydrogens (tertiary/aromatic N) is 2. The van der Waals surface area contributed by atoms with Gasteiger partial charge >= 0.3 is 0 Å². The summed E-state index contributed by atoms with van der Waals surface area (Å²) in [5.41, 5.74) is 1.85. The average Bonchev–Trinajstić information content (AvgIpc) is 3.14. The molecule has 1 aliphatic heterocycles. The van der Waals surface area contributed by atoms with Crippen LogP contribution in [0.2, 0.25) is 0 Å². The zero-order valence-corrected chi connectivity index (χ0v) is 11.1. The van der Waals surface area contributed by atoms with Crippen LogP contribution in [0.5, 0.6) is 11.5 Å². The molecule has 0 bridgehead atoms. The molecule has 3 aromatic rings. The fraction of sp³-hybridized carbons (Fsp3) is 0.125. The van der Waals surface area contributed by atoms with Gasteiger partial charge in [-0.05, 0) is 23.8 Å². The van der Waals surface area contributed by atoms with Crippen LogP contribution >= 0.6 is 0 Å². The van der Waals surface area contributed by atoms with Gasteiger partial charge in [-0.1, -0.05) is 35.5 Å². The number of ether oxygens (including phenoxy) is 1. The quantitative estimate of drug-likeness (QED) is 0.781. The molecule has 0 aliphatic carbocycles. The van der Waals surface area contributed by atoms with Crippen LogP contribution in [0.4, 0.5) is 0 Å². The van der Waals surface area contributed by atoms with E-state index in [-0.39, 0.29) is 11.9 Å².